The first kappa shape index (κ1) is 49.0. The van der Waals surface area contributed by atoms with Crippen molar-refractivity contribution in [3.8, 4) is 0 Å². The maximum atomic E-state index is 13.9. The molecule has 2 aromatic carbocycles. The van der Waals surface area contributed by atoms with Gasteiger partial charge in [-0.3, -0.25) is 9.59 Å². The average Bonchev–Trinajstić information content (AvgIpc) is 4.05. The van der Waals surface area contributed by atoms with Gasteiger partial charge in [0.25, 0.3) is 0 Å². The molecule has 0 radical (unpaired) electrons. The van der Waals surface area contributed by atoms with Crippen LogP contribution in [0.4, 0.5) is 4.79 Å². The zero-order valence-electron chi connectivity index (χ0n) is 40.2. The van der Waals surface area contributed by atoms with Crippen molar-refractivity contribution in [1.82, 2.24) is 5.32 Å². The molecular weight excluding hydrogens is 813 g/mol. The van der Waals surface area contributed by atoms with Crippen LogP contribution < -0.4 is 5.32 Å². The number of carbonyl (C=O) groups excluding carboxylic acids is 4. The number of aliphatic hydroxyl groups is 1. The summed E-state index contributed by atoms with van der Waals surface area (Å²) in [4.78, 5) is 52.1. The smallest absolute Gasteiger partial charge is 0.412 e. The molecule has 2 saturated carbocycles. The molecule has 2 spiro atoms. The number of hydrogen-bond donors (Lipinski definition) is 2. The van der Waals surface area contributed by atoms with E-state index in [1.54, 1.807) is 6.92 Å². The van der Waals surface area contributed by atoms with Crippen molar-refractivity contribution in [2.45, 2.75) is 157 Å². The van der Waals surface area contributed by atoms with Crippen LogP contribution in [0.1, 0.15) is 139 Å². The van der Waals surface area contributed by atoms with Gasteiger partial charge >= 0.3 is 6.09 Å². The van der Waals surface area contributed by atoms with Crippen LogP contribution in [0.5, 0.6) is 0 Å². The van der Waals surface area contributed by atoms with Gasteiger partial charge in [-0.1, -0.05) is 63.1 Å². The molecule has 8 rings (SSSR count). The molecule has 2 aromatic rings. The quantitative estimate of drug-likeness (QED) is 0.184. The summed E-state index contributed by atoms with van der Waals surface area (Å²) in [7, 11) is 0. The van der Waals surface area contributed by atoms with E-state index < -0.39 is 28.9 Å². The number of alkyl carbamates (subject to hydrolysis) is 1. The summed E-state index contributed by atoms with van der Waals surface area (Å²) >= 11 is 0. The number of amides is 1. The van der Waals surface area contributed by atoms with E-state index in [1.165, 1.54) is 17.2 Å². The van der Waals surface area contributed by atoms with Crippen LogP contribution in [0.3, 0.4) is 0 Å². The Bertz CT molecular complexity index is 2220. The molecule has 6 aliphatic rings. The number of carbonyl (C=O) groups is 3. The molecule has 12 heteroatoms. The molecule has 0 aromatic heterocycles. The van der Waals surface area contributed by atoms with Crippen molar-refractivity contribution in [1.29, 1.82) is 0 Å². The van der Waals surface area contributed by atoms with Gasteiger partial charge in [-0.15, -0.1) is 0 Å². The molecule has 348 valence electrons. The van der Waals surface area contributed by atoms with Gasteiger partial charge in [-0.2, -0.15) is 0 Å². The van der Waals surface area contributed by atoms with E-state index in [4.69, 9.17) is 28.5 Å². The summed E-state index contributed by atoms with van der Waals surface area (Å²) in [6.45, 7) is 25.8. The molecule has 6 atom stereocenters. The molecular formula is C52H70N2O10. The monoisotopic (exact) mass is 883 g/mol. The maximum absolute atomic E-state index is 13.9. The number of aliphatic hydroxyl groups excluding tert-OH is 1. The highest BCUT2D eigenvalue weighted by atomic mass is 16.8. The maximum Gasteiger partial charge on any atom is 0.412 e. The number of nitrogens with one attached hydrogen (secondary N) is 1. The first-order chi connectivity index (χ1) is 30.2. The number of aryl methyl sites for hydroxylation is 6. The van der Waals surface area contributed by atoms with Gasteiger partial charge in [-0.25, -0.2) is 14.6 Å². The number of isocyanates is 1. The van der Waals surface area contributed by atoms with Gasteiger partial charge < -0.3 is 34.1 Å². The second-order valence-electron chi connectivity index (χ2n) is 19.2. The van der Waals surface area contributed by atoms with Crippen molar-refractivity contribution >= 4 is 34.9 Å². The van der Waals surface area contributed by atoms with E-state index in [9.17, 15) is 19.5 Å². The van der Waals surface area contributed by atoms with E-state index in [-0.39, 0.29) is 41.0 Å². The van der Waals surface area contributed by atoms with Gasteiger partial charge in [0.15, 0.2) is 23.1 Å². The molecule has 2 heterocycles. The van der Waals surface area contributed by atoms with Crippen LogP contribution in [-0.2, 0) is 63.8 Å². The minimum absolute atomic E-state index is 0.0627. The van der Waals surface area contributed by atoms with Gasteiger partial charge in [0.05, 0.1) is 35.6 Å². The fourth-order valence-corrected chi connectivity index (χ4v) is 11.2. The van der Waals surface area contributed by atoms with Crippen molar-refractivity contribution in [3.63, 3.8) is 0 Å². The van der Waals surface area contributed by atoms with Crippen LogP contribution in [0, 0.1) is 37.5 Å². The number of ether oxygens (including phenoxy) is 5. The number of nitrogens with zero attached hydrogens (tertiary/aromatic N) is 1. The van der Waals surface area contributed by atoms with Crippen LogP contribution >= 0.6 is 0 Å². The Morgan fingerprint density at radius 2 is 1.11 bits per heavy atom. The second-order valence-corrected chi connectivity index (χ2v) is 19.2. The summed E-state index contributed by atoms with van der Waals surface area (Å²) in [6, 6.07) is 8.58. The third-order valence-corrected chi connectivity index (χ3v) is 13.6. The summed E-state index contributed by atoms with van der Waals surface area (Å²) < 4.78 is 30.0. The Kier molecular flexibility index (Phi) is 14.7. The SMILES string of the molecule is CCN=C=O.CCNC(=O)OC1=C(c2c(CC)cc(C)cc2CC)C(=O)C2CC3(COC(C)(C)O3)CC12.CCc1cc(C)cc(CC)c1C1=C(O)C2CC3(COC(C)(C)O3)CC2C1=O. The van der Waals surface area contributed by atoms with Crippen LogP contribution in [-0.4, -0.2) is 77.9 Å². The number of fused-ring (bicyclic) bond motifs is 2. The van der Waals surface area contributed by atoms with Crippen molar-refractivity contribution in [2.24, 2.45) is 28.7 Å². The van der Waals surface area contributed by atoms with Gasteiger partial charge in [0, 0.05) is 36.8 Å². The number of ketones is 2. The summed E-state index contributed by atoms with van der Waals surface area (Å²) in [5, 5.41) is 13.8. The Morgan fingerprint density at radius 1 is 0.703 bits per heavy atom. The van der Waals surface area contributed by atoms with E-state index >= 15 is 0 Å². The standard InChI is InChI=1S/C26H35NO5.C23H30O4.C3H5NO/c1-7-16-10-15(4)11-17(8-2)20(16)21-22(28)18-12-26(14-30-25(5,6)32-26)13-19(18)23(21)31-24(29)27-9-3;1-6-14-8-13(3)9-15(7-2)18(14)19-20(24)16-10-23(11-17(16)21(19)25)12-26-22(4,5)27-23;1-2-4-3-5/h10-11,18-19H,7-9,12-14H2,1-6H3,(H,27,29);8-9,16-17,24H,6-7,10-12H2,1-5H3;2H2,1H3. The molecule has 4 aliphatic carbocycles. The van der Waals surface area contributed by atoms with Crippen molar-refractivity contribution in [2.75, 3.05) is 26.3 Å². The lowest BCUT2D eigenvalue weighted by atomic mass is 9.86. The number of Topliss-reactive ketones (excluding diaryl/α,β-unsaturated/α-hetero) is 2. The molecule has 6 unspecified atom stereocenters. The minimum Gasteiger partial charge on any atom is -0.511 e. The van der Waals surface area contributed by atoms with Crippen molar-refractivity contribution in [3.05, 3.63) is 80.3 Å². The van der Waals surface area contributed by atoms with Gasteiger partial charge in [0.1, 0.15) is 11.5 Å². The molecule has 2 N–H and O–H groups in total. The Balaban J connectivity index is 0.000000194. The lowest BCUT2D eigenvalue weighted by Gasteiger charge is -2.26. The second kappa shape index (κ2) is 19.2. The molecule has 12 nitrogen and oxygen atoms in total. The highest BCUT2D eigenvalue weighted by molar-refractivity contribution is 6.26. The normalized spacial score (nSPS) is 28.2. The van der Waals surface area contributed by atoms with Crippen LogP contribution in [0.25, 0.3) is 11.1 Å². The van der Waals surface area contributed by atoms with Crippen LogP contribution in [0.2, 0.25) is 0 Å². The number of hydrogen-bond acceptors (Lipinski definition) is 11. The first-order valence-corrected chi connectivity index (χ1v) is 23.4. The summed E-state index contributed by atoms with van der Waals surface area (Å²) in [6.07, 6.45) is 6.65. The summed E-state index contributed by atoms with van der Waals surface area (Å²) in [5.74, 6) is -1.18. The Labute approximate surface area is 379 Å². The number of allylic oxidation sites excluding steroid dienone is 4. The average molecular weight is 883 g/mol. The van der Waals surface area contributed by atoms with E-state index in [0.29, 0.717) is 68.9 Å². The topological polar surface area (TPSA) is 159 Å². The minimum atomic E-state index is -0.670. The number of aliphatic imine (C=N–C) groups is 1. The molecule has 64 heavy (non-hydrogen) atoms. The van der Waals surface area contributed by atoms with E-state index in [2.05, 4.69) is 76.1 Å². The van der Waals surface area contributed by atoms with E-state index in [0.717, 1.165) is 59.1 Å². The first-order valence-electron chi connectivity index (χ1n) is 23.4. The van der Waals surface area contributed by atoms with E-state index in [1.807, 2.05) is 34.6 Å². The van der Waals surface area contributed by atoms with Crippen molar-refractivity contribution < 1.29 is 48.0 Å². The molecule has 0 bridgehead atoms. The third kappa shape index (κ3) is 9.59. The predicted molar refractivity (Wildman–Crippen MR) is 245 cm³/mol. The zero-order valence-corrected chi connectivity index (χ0v) is 40.2. The molecule has 1 amide bonds. The number of rotatable bonds is 9. The molecule has 2 saturated heterocycles. The lowest BCUT2D eigenvalue weighted by Crippen LogP contribution is -2.33. The fourth-order valence-electron chi connectivity index (χ4n) is 11.2. The Hall–Kier alpha value is -4.45. The highest BCUT2D eigenvalue weighted by Crippen LogP contribution is 2.58. The molecule has 2 aliphatic heterocycles. The lowest BCUT2D eigenvalue weighted by molar-refractivity contribution is -0.161. The summed E-state index contributed by atoms with van der Waals surface area (Å²) in [5.41, 5.74) is 9.06. The third-order valence-electron chi connectivity index (χ3n) is 13.6. The Morgan fingerprint density at radius 3 is 1.47 bits per heavy atom. The largest absolute Gasteiger partial charge is 0.511 e. The van der Waals surface area contributed by atoms with Gasteiger partial charge in [-0.05, 0) is 140 Å². The van der Waals surface area contributed by atoms with Gasteiger partial charge in [0.2, 0.25) is 6.08 Å². The zero-order chi connectivity index (χ0) is 46.9. The number of benzene rings is 2. The fraction of sp³-hybridized carbons (Fsp3) is 0.615. The predicted octanol–water partition coefficient (Wildman–Crippen LogP) is 9.57. The molecule has 4 fully saturated rings. The van der Waals surface area contributed by atoms with Crippen LogP contribution in [0.15, 0.2) is 40.8 Å². The highest BCUT2D eigenvalue weighted by Gasteiger charge is 2.61.